The van der Waals surface area contributed by atoms with Gasteiger partial charge in [-0.2, -0.15) is 0 Å². The zero-order valence-electron chi connectivity index (χ0n) is 19.6. The van der Waals surface area contributed by atoms with Crippen molar-refractivity contribution in [2.24, 2.45) is 0 Å². The molecule has 0 atom stereocenters. The number of hydrogen-bond acceptors (Lipinski definition) is 2. The van der Waals surface area contributed by atoms with Gasteiger partial charge in [-0.25, -0.2) is 0 Å². The Bertz CT molecular complexity index is 554. The van der Waals surface area contributed by atoms with Crippen LogP contribution in [0.5, 0.6) is 5.75 Å². The Morgan fingerprint density at radius 3 is 1.57 bits per heavy atom. The zero-order valence-corrected chi connectivity index (χ0v) is 19.6. The summed E-state index contributed by atoms with van der Waals surface area (Å²) in [5.41, 5.74) is 3.51. The molecule has 0 saturated carbocycles. The summed E-state index contributed by atoms with van der Waals surface area (Å²) in [6, 6.07) is 4.47. The predicted octanol–water partition coefficient (Wildman–Crippen LogP) is 7.37. The molecule has 0 saturated heterocycles. The molecule has 1 aromatic rings. The maximum Gasteiger partial charge on any atom is 0.303 e. The molecule has 0 aliphatic rings. The lowest BCUT2D eigenvalue weighted by molar-refractivity contribution is -0.136. The van der Waals surface area contributed by atoms with Gasteiger partial charge >= 0.3 is 5.97 Å². The summed E-state index contributed by atoms with van der Waals surface area (Å²) < 4.78 is 0. The molecule has 0 aliphatic carbocycles. The minimum atomic E-state index is -0.745. The second kappa shape index (κ2) is 12.1. The zero-order chi connectivity index (χ0) is 22.0. The number of aliphatic carboxylic acids is 1. The van der Waals surface area contributed by atoms with Crippen LogP contribution in [0.3, 0.4) is 0 Å². The lowest BCUT2D eigenvalue weighted by Crippen LogP contribution is -2.18. The second-order valence-electron chi connectivity index (χ2n) is 9.80. The van der Waals surface area contributed by atoms with E-state index in [1.807, 2.05) is 0 Å². The van der Waals surface area contributed by atoms with Crippen LogP contribution in [0, 0.1) is 0 Å². The maximum atomic E-state index is 10.8. The van der Waals surface area contributed by atoms with Gasteiger partial charge in [0.2, 0.25) is 0 Å². The average molecular weight is 393 g/mol. The summed E-state index contributed by atoms with van der Waals surface area (Å²) in [7, 11) is 0. The van der Waals surface area contributed by atoms with E-state index >= 15 is 0 Å². The monoisotopic (exact) mass is 392 g/mol. The van der Waals surface area contributed by atoms with Gasteiger partial charge in [-0.3, -0.25) is 4.79 Å². The Kier molecular flexibility index (Phi) is 11.5. The van der Waals surface area contributed by atoms with Gasteiger partial charge in [0.05, 0.1) is 0 Å². The Hall–Kier alpha value is -1.51. The minimum Gasteiger partial charge on any atom is -0.507 e. The smallest absolute Gasteiger partial charge is 0.303 e. The molecule has 0 aromatic heterocycles. The van der Waals surface area contributed by atoms with Gasteiger partial charge < -0.3 is 10.2 Å². The number of benzene rings is 1. The summed E-state index contributed by atoms with van der Waals surface area (Å²) in [5, 5.41) is 18.5. The van der Waals surface area contributed by atoms with E-state index in [4.69, 9.17) is 5.11 Å². The van der Waals surface area contributed by atoms with Gasteiger partial charge in [0.25, 0.3) is 0 Å². The fourth-order valence-electron chi connectivity index (χ4n) is 3.09. The van der Waals surface area contributed by atoms with Crippen LogP contribution in [0.1, 0.15) is 117 Å². The van der Waals surface area contributed by atoms with Crippen molar-refractivity contribution in [3.8, 4) is 5.75 Å². The molecule has 3 heteroatoms. The lowest BCUT2D eigenvalue weighted by Gasteiger charge is -2.28. The average Bonchev–Trinajstić information content (AvgIpc) is 2.57. The van der Waals surface area contributed by atoms with E-state index in [1.54, 1.807) is 6.92 Å². The van der Waals surface area contributed by atoms with Gasteiger partial charge in [0, 0.05) is 6.42 Å². The summed E-state index contributed by atoms with van der Waals surface area (Å²) >= 11 is 0. The number of aromatic hydroxyl groups is 1. The van der Waals surface area contributed by atoms with Crippen molar-refractivity contribution in [1.29, 1.82) is 0 Å². The molecule has 1 rings (SSSR count). The molecule has 0 fully saturated rings. The Morgan fingerprint density at radius 1 is 0.821 bits per heavy atom. The summed E-state index contributed by atoms with van der Waals surface area (Å²) in [6.07, 6.45) is 9.30. The molecule has 0 amide bonds. The molecule has 0 bridgehead atoms. The van der Waals surface area contributed by atoms with Crippen LogP contribution in [0.4, 0.5) is 0 Å². The number of rotatable bonds is 8. The fraction of sp³-hybridized carbons (Fsp3) is 0.720. The van der Waals surface area contributed by atoms with Crippen LogP contribution < -0.4 is 0 Å². The number of unbranched alkanes of at least 4 members (excludes halogenated alkanes) is 5. The van der Waals surface area contributed by atoms with Crippen LogP contribution in [0.15, 0.2) is 12.1 Å². The number of carbonyl (C=O) groups is 1. The first-order valence-corrected chi connectivity index (χ1v) is 10.9. The highest BCUT2D eigenvalue weighted by molar-refractivity contribution is 5.66. The topological polar surface area (TPSA) is 57.5 Å². The quantitative estimate of drug-likeness (QED) is 0.454. The number of aryl methyl sites for hydroxylation is 1. The van der Waals surface area contributed by atoms with Gasteiger partial charge in [-0.15, -0.1) is 0 Å². The highest BCUT2D eigenvalue weighted by Crippen LogP contribution is 2.40. The third-order valence-electron chi connectivity index (χ3n) is 4.91. The second-order valence-corrected chi connectivity index (χ2v) is 9.80. The minimum absolute atomic E-state index is 0.0266. The summed E-state index contributed by atoms with van der Waals surface area (Å²) in [6.45, 7) is 17.0. The third-order valence-corrected chi connectivity index (χ3v) is 4.91. The normalized spacial score (nSPS) is 11.7. The van der Waals surface area contributed by atoms with Crippen molar-refractivity contribution in [2.75, 3.05) is 0 Å². The van der Waals surface area contributed by atoms with E-state index in [1.165, 1.54) is 44.1 Å². The van der Waals surface area contributed by atoms with Crippen molar-refractivity contribution in [3.05, 3.63) is 28.8 Å². The molecule has 3 nitrogen and oxygen atoms in total. The maximum absolute atomic E-state index is 10.8. The number of hydrogen-bond donors (Lipinski definition) is 2. The van der Waals surface area contributed by atoms with Gasteiger partial charge in [-0.1, -0.05) is 99.6 Å². The Morgan fingerprint density at radius 2 is 1.21 bits per heavy atom. The molecule has 0 aliphatic heterocycles. The van der Waals surface area contributed by atoms with Crippen molar-refractivity contribution in [1.82, 2.24) is 0 Å². The van der Waals surface area contributed by atoms with E-state index in [9.17, 15) is 9.90 Å². The van der Waals surface area contributed by atoms with Crippen LogP contribution in [0.25, 0.3) is 0 Å². The van der Waals surface area contributed by atoms with Crippen LogP contribution in [-0.4, -0.2) is 16.2 Å². The molecule has 1 aromatic carbocycles. The summed E-state index contributed by atoms with van der Waals surface area (Å²) in [4.78, 5) is 9.37. The van der Waals surface area contributed by atoms with Crippen LogP contribution in [0.2, 0.25) is 0 Å². The summed E-state index contributed by atoms with van der Waals surface area (Å²) in [5.74, 6) is -0.248. The first kappa shape index (κ1) is 26.5. The van der Waals surface area contributed by atoms with Crippen LogP contribution in [-0.2, 0) is 22.0 Å². The standard InChI is InChI=1S/C22H38O.C3H6O2/c1-8-9-10-11-12-13-14-17-15-18(21(2,3)4)20(23)19(16-17)22(5,6)7;1-2-3(4)5/h15-16,23H,8-14H2,1-7H3;2H2,1H3,(H,4,5). The first-order valence-electron chi connectivity index (χ1n) is 10.9. The predicted molar refractivity (Wildman–Crippen MR) is 121 cm³/mol. The Labute approximate surface area is 173 Å². The van der Waals surface area contributed by atoms with Gasteiger partial charge in [-0.05, 0) is 40.4 Å². The van der Waals surface area contributed by atoms with Gasteiger partial charge in [0.1, 0.15) is 5.75 Å². The number of phenols is 1. The number of phenolic OH excluding ortho intramolecular Hbond substituents is 1. The van der Waals surface area contributed by atoms with E-state index in [0.29, 0.717) is 5.75 Å². The van der Waals surface area contributed by atoms with E-state index in [-0.39, 0.29) is 17.3 Å². The highest BCUT2D eigenvalue weighted by Gasteiger charge is 2.26. The van der Waals surface area contributed by atoms with E-state index in [2.05, 4.69) is 60.6 Å². The van der Waals surface area contributed by atoms with Crippen LogP contribution >= 0.6 is 0 Å². The van der Waals surface area contributed by atoms with E-state index < -0.39 is 5.97 Å². The molecule has 28 heavy (non-hydrogen) atoms. The van der Waals surface area contributed by atoms with Crippen molar-refractivity contribution in [2.45, 2.75) is 118 Å². The Balaban J connectivity index is 0.00000129. The first-order chi connectivity index (χ1) is 12.8. The molecular formula is C25H44O3. The molecule has 0 radical (unpaired) electrons. The van der Waals surface area contributed by atoms with Gasteiger partial charge in [0.15, 0.2) is 0 Å². The lowest BCUT2D eigenvalue weighted by atomic mass is 9.78. The highest BCUT2D eigenvalue weighted by atomic mass is 16.4. The molecule has 0 heterocycles. The van der Waals surface area contributed by atoms with E-state index in [0.717, 1.165) is 17.5 Å². The molecule has 162 valence electrons. The third kappa shape index (κ3) is 10.1. The number of carboxylic acids is 1. The van der Waals surface area contributed by atoms with Crippen molar-refractivity contribution in [3.63, 3.8) is 0 Å². The molecule has 0 unspecified atom stereocenters. The number of carboxylic acid groups (broad SMARTS) is 1. The fourth-order valence-corrected chi connectivity index (χ4v) is 3.09. The van der Waals surface area contributed by atoms with Crippen molar-refractivity contribution < 1.29 is 15.0 Å². The molecular weight excluding hydrogens is 348 g/mol. The van der Waals surface area contributed by atoms with Crippen molar-refractivity contribution >= 4 is 5.97 Å². The molecule has 2 N–H and O–H groups in total. The molecule has 0 spiro atoms. The SMILES string of the molecule is CCC(=O)O.CCCCCCCCc1cc(C(C)(C)C)c(O)c(C(C)(C)C)c1. The largest absolute Gasteiger partial charge is 0.507 e.